The van der Waals surface area contributed by atoms with E-state index in [1.165, 1.54) is 0 Å². The molecule has 0 unspecified atom stereocenters. The Labute approximate surface area is 160 Å². The fourth-order valence-electron chi connectivity index (χ4n) is 2.76. The smallest absolute Gasteiger partial charge is 0.257 e. The summed E-state index contributed by atoms with van der Waals surface area (Å²) in [7, 11) is 0. The van der Waals surface area contributed by atoms with Crippen molar-refractivity contribution in [2.75, 3.05) is 19.6 Å². The fourth-order valence-corrected chi connectivity index (χ4v) is 2.76. The van der Waals surface area contributed by atoms with E-state index < -0.39 is 0 Å². The van der Waals surface area contributed by atoms with E-state index in [9.17, 15) is 9.90 Å². The van der Waals surface area contributed by atoms with Crippen molar-refractivity contribution < 1.29 is 9.90 Å². The maximum atomic E-state index is 12.6. The second-order valence-corrected chi connectivity index (χ2v) is 6.25. The van der Waals surface area contributed by atoms with E-state index in [1.807, 2.05) is 44.2 Å². The Kier molecular flexibility index (Phi) is 7.82. The number of nitrogens with zero attached hydrogens (tertiary/aromatic N) is 2. The van der Waals surface area contributed by atoms with E-state index in [1.54, 1.807) is 23.1 Å². The molecule has 2 rings (SSSR count). The molecule has 144 valence electrons. The van der Waals surface area contributed by atoms with Gasteiger partial charge in [-0.1, -0.05) is 43.3 Å². The summed E-state index contributed by atoms with van der Waals surface area (Å²) in [6, 6.07) is 14.9. The van der Waals surface area contributed by atoms with Gasteiger partial charge in [0.25, 0.3) is 5.91 Å². The zero-order valence-corrected chi connectivity index (χ0v) is 16.0. The van der Waals surface area contributed by atoms with Crippen LogP contribution < -0.4 is 11.1 Å². The Morgan fingerprint density at radius 1 is 1.15 bits per heavy atom. The number of benzene rings is 2. The molecule has 0 atom stereocenters. The molecule has 0 aromatic heterocycles. The van der Waals surface area contributed by atoms with Gasteiger partial charge in [-0.25, -0.2) is 4.99 Å². The van der Waals surface area contributed by atoms with E-state index in [2.05, 4.69) is 10.3 Å². The summed E-state index contributed by atoms with van der Waals surface area (Å²) < 4.78 is 0. The van der Waals surface area contributed by atoms with E-state index >= 15 is 0 Å². The third kappa shape index (κ3) is 5.82. The molecule has 0 spiro atoms. The molecule has 0 bridgehead atoms. The first kappa shape index (κ1) is 20.5. The second-order valence-electron chi connectivity index (χ2n) is 6.25. The lowest BCUT2D eigenvalue weighted by atomic mass is 10.1. The van der Waals surface area contributed by atoms with E-state index in [0.717, 1.165) is 12.0 Å². The van der Waals surface area contributed by atoms with Crippen LogP contribution in [0.5, 0.6) is 5.75 Å². The zero-order chi connectivity index (χ0) is 19.6. The van der Waals surface area contributed by atoms with Gasteiger partial charge in [-0.05, 0) is 31.0 Å². The summed E-state index contributed by atoms with van der Waals surface area (Å²) in [4.78, 5) is 18.6. The lowest BCUT2D eigenvalue weighted by molar-refractivity contribution is 0.0761. The monoisotopic (exact) mass is 368 g/mol. The molecule has 0 saturated carbocycles. The predicted molar refractivity (Wildman–Crippen MR) is 109 cm³/mol. The highest BCUT2D eigenvalue weighted by Gasteiger charge is 2.19. The van der Waals surface area contributed by atoms with Crippen LogP contribution in [-0.2, 0) is 6.54 Å². The summed E-state index contributed by atoms with van der Waals surface area (Å²) in [5.74, 6) is 0.00414. The van der Waals surface area contributed by atoms with Crippen LogP contribution in [-0.4, -0.2) is 41.4 Å². The molecule has 0 aliphatic rings. The summed E-state index contributed by atoms with van der Waals surface area (Å²) in [5.41, 5.74) is 7.67. The Hall–Kier alpha value is -2.86. The number of nitrogens with two attached hydrogens (primary N) is 1. The van der Waals surface area contributed by atoms with Crippen LogP contribution in [0.25, 0.3) is 0 Å². The van der Waals surface area contributed by atoms with Gasteiger partial charge in [0.05, 0.1) is 12.1 Å². The van der Waals surface area contributed by atoms with Gasteiger partial charge in [0, 0.05) is 19.6 Å². The van der Waals surface area contributed by atoms with Crippen LogP contribution >= 0.6 is 0 Å². The molecule has 27 heavy (non-hydrogen) atoms. The average molecular weight is 368 g/mol. The number of amides is 1. The van der Waals surface area contributed by atoms with E-state index in [0.29, 0.717) is 37.7 Å². The molecule has 2 aromatic rings. The quantitative estimate of drug-likeness (QED) is 0.469. The normalized spacial score (nSPS) is 11.4. The number of hydrogen-bond acceptors (Lipinski definition) is 4. The number of carbonyl (C=O) groups is 1. The average Bonchev–Trinajstić information content (AvgIpc) is 2.68. The van der Waals surface area contributed by atoms with Crippen molar-refractivity contribution in [3.05, 3.63) is 59.7 Å². The Morgan fingerprint density at radius 3 is 2.56 bits per heavy atom. The van der Waals surface area contributed by atoms with Crippen molar-refractivity contribution in [1.29, 1.82) is 0 Å². The minimum Gasteiger partial charge on any atom is -0.505 e. The molecule has 0 heterocycles. The molecule has 1 amide bonds. The fraction of sp³-hybridized carbons (Fsp3) is 0.333. The largest absolute Gasteiger partial charge is 0.505 e. The summed E-state index contributed by atoms with van der Waals surface area (Å²) in [5, 5.41) is 13.7. The van der Waals surface area contributed by atoms with Crippen LogP contribution in [0.1, 0.15) is 36.2 Å². The first-order chi connectivity index (χ1) is 13.1. The number of para-hydroxylation sites is 1. The van der Waals surface area contributed by atoms with Crippen LogP contribution in [0, 0.1) is 0 Å². The molecule has 0 fully saturated rings. The molecular weight excluding hydrogens is 340 g/mol. The third-order valence-corrected chi connectivity index (χ3v) is 4.15. The van der Waals surface area contributed by atoms with Gasteiger partial charge in [-0.2, -0.15) is 0 Å². The molecule has 6 nitrogen and oxygen atoms in total. The number of amidine groups is 1. The molecular formula is C21H28N4O2. The van der Waals surface area contributed by atoms with Gasteiger partial charge >= 0.3 is 0 Å². The second kappa shape index (κ2) is 10.3. The Morgan fingerprint density at radius 2 is 1.89 bits per heavy atom. The molecule has 0 aliphatic heterocycles. The lowest BCUT2D eigenvalue weighted by Crippen LogP contribution is -2.31. The summed E-state index contributed by atoms with van der Waals surface area (Å²) in [6.07, 6.45) is 0.859. The summed E-state index contributed by atoms with van der Waals surface area (Å²) >= 11 is 0. The molecule has 4 N–H and O–H groups in total. The van der Waals surface area contributed by atoms with Gasteiger partial charge in [-0.15, -0.1) is 0 Å². The number of carbonyl (C=O) groups excluding carboxylic acids is 1. The number of aliphatic imine (C=N–C) groups is 1. The van der Waals surface area contributed by atoms with E-state index in [4.69, 9.17) is 5.73 Å². The minimum absolute atomic E-state index is 0.136. The Bertz CT molecular complexity index is 775. The highest BCUT2D eigenvalue weighted by molar-refractivity contribution is 5.99. The predicted octanol–water partition coefficient (Wildman–Crippen LogP) is 3.04. The van der Waals surface area contributed by atoms with Crippen molar-refractivity contribution in [3.63, 3.8) is 0 Å². The van der Waals surface area contributed by atoms with Crippen molar-refractivity contribution in [3.8, 4) is 5.75 Å². The number of rotatable bonds is 9. The number of aromatic hydroxyl groups is 1. The van der Waals surface area contributed by atoms with Crippen molar-refractivity contribution in [2.45, 2.75) is 26.8 Å². The zero-order valence-electron chi connectivity index (χ0n) is 16.0. The molecule has 0 saturated heterocycles. The number of nitrogens with one attached hydrogen (secondary N) is 1. The number of hydrogen-bond donors (Lipinski definition) is 3. The highest BCUT2D eigenvalue weighted by Crippen LogP contribution is 2.31. The van der Waals surface area contributed by atoms with Gasteiger partial charge in [-0.3, -0.25) is 4.79 Å². The molecule has 2 aromatic carbocycles. The lowest BCUT2D eigenvalue weighted by Gasteiger charge is -2.20. The van der Waals surface area contributed by atoms with Gasteiger partial charge in [0.15, 0.2) is 5.75 Å². The molecule has 0 radical (unpaired) electrons. The van der Waals surface area contributed by atoms with Crippen molar-refractivity contribution >= 4 is 17.4 Å². The van der Waals surface area contributed by atoms with Gasteiger partial charge < -0.3 is 21.1 Å². The van der Waals surface area contributed by atoms with Gasteiger partial charge in [0.2, 0.25) is 0 Å². The number of phenols is 1. The van der Waals surface area contributed by atoms with E-state index in [-0.39, 0.29) is 17.2 Å². The topological polar surface area (TPSA) is 91.0 Å². The number of phenolic OH excluding ortho intramolecular Hbond substituents is 1. The first-order valence-corrected chi connectivity index (χ1v) is 9.25. The van der Waals surface area contributed by atoms with Gasteiger partial charge in [0.1, 0.15) is 11.5 Å². The van der Waals surface area contributed by atoms with Crippen LogP contribution in [0.15, 0.2) is 53.5 Å². The highest BCUT2D eigenvalue weighted by atomic mass is 16.3. The molecule has 0 aliphatic carbocycles. The standard InChI is InChI=1S/C21H28N4O2/c1-3-13-25(4-2)21(27)17-11-8-12-18(20(17)26)24-19(22)15-23-14-16-9-6-5-7-10-16/h5-12,23,26H,3-4,13-15H2,1-2H3,(H2,22,24). The van der Waals surface area contributed by atoms with Crippen LogP contribution in [0.2, 0.25) is 0 Å². The Balaban J connectivity index is 2.07. The summed E-state index contributed by atoms with van der Waals surface area (Å²) in [6.45, 7) is 6.22. The maximum absolute atomic E-state index is 12.6. The molecule has 6 heteroatoms. The first-order valence-electron chi connectivity index (χ1n) is 9.25. The van der Waals surface area contributed by atoms with Crippen LogP contribution in [0.3, 0.4) is 0 Å². The SMILES string of the molecule is CCCN(CC)C(=O)c1cccc(N=C(N)CNCc2ccccc2)c1O. The van der Waals surface area contributed by atoms with Crippen molar-refractivity contribution in [1.82, 2.24) is 10.2 Å². The van der Waals surface area contributed by atoms with Crippen LogP contribution in [0.4, 0.5) is 5.69 Å². The minimum atomic E-state index is -0.199. The van der Waals surface area contributed by atoms with Crippen molar-refractivity contribution in [2.24, 2.45) is 10.7 Å². The maximum Gasteiger partial charge on any atom is 0.257 e. The third-order valence-electron chi connectivity index (χ3n) is 4.15.